The summed E-state index contributed by atoms with van der Waals surface area (Å²) in [5.74, 6) is -0.962. The van der Waals surface area contributed by atoms with Gasteiger partial charge >= 0.3 is 5.97 Å². The average molecular weight is 342 g/mol. The van der Waals surface area contributed by atoms with Crippen LogP contribution in [0.1, 0.15) is 6.92 Å². The number of amides is 1. The van der Waals surface area contributed by atoms with Crippen molar-refractivity contribution in [2.75, 3.05) is 45.2 Å². The molecule has 9 heteroatoms. The number of anilines is 1. The molecule has 0 radical (unpaired) electrons. The van der Waals surface area contributed by atoms with E-state index in [1.165, 1.54) is 11.3 Å². The Bertz CT molecular complexity index is 525. The van der Waals surface area contributed by atoms with Crippen molar-refractivity contribution in [3.8, 4) is 0 Å². The first-order valence-electron chi connectivity index (χ1n) is 7.42. The minimum atomic E-state index is -0.864. The van der Waals surface area contributed by atoms with Crippen molar-refractivity contribution in [2.24, 2.45) is 0 Å². The molecule has 1 fully saturated rings. The first-order valence-corrected chi connectivity index (χ1v) is 8.30. The Balaban J connectivity index is 1.84. The Hall–Kier alpha value is -1.55. The molecule has 1 aromatic rings. The van der Waals surface area contributed by atoms with Gasteiger partial charge in [0, 0.05) is 31.2 Å². The van der Waals surface area contributed by atoms with Crippen molar-refractivity contribution < 1.29 is 19.4 Å². The Morgan fingerprint density at radius 3 is 3.09 bits per heavy atom. The van der Waals surface area contributed by atoms with E-state index in [2.05, 4.69) is 10.3 Å². The lowest BCUT2D eigenvalue weighted by atomic mass is 10.2. The molecule has 2 rings (SSSR count). The number of carbonyl (C=O) groups is 2. The highest BCUT2D eigenvalue weighted by molar-refractivity contribution is 7.13. The fourth-order valence-corrected chi connectivity index (χ4v) is 3.04. The highest BCUT2D eigenvalue weighted by atomic mass is 32.1. The molecule has 1 saturated heterocycles. The van der Waals surface area contributed by atoms with Crippen molar-refractivity contribution in [3.05, 3.63) is 11.6 Å². The summed E-state index contributed by atoms with van der Waals surface area (Å²) in [6, 6.07) is -0.296. The lowest BCUT2D eigenvalue weighted by molar-refractivity contribution is -0.138. The van der Waals surface area contributed by atoms with Crippen LogP contribution >= 0.6 is 11.3 Å². The number of ether oxygens (including phenoxy) is 1. The number of likely N-dealkylation sites (N-methyl/N-ethyl adjacent to an activating group) is 1. The van der Waals surface area contributed by atoms with Gasteiger partial charge in [-0.1, -0.05) is 0 Å². The van der Waals surface area contributed by atoms with Gasteiger partial charge in [0.05, 0.1) is 25.3 Å². The minimum absolute atomic E-state index is 0.0278. The monoisotopic (exact) mass is 342 g/mol. The standard InChI is InChI=1S/C14H22N4O4S/c1-10(13(21)16-14-15-3-6-23-14)18-4-5-22-11(8-18)7-17(2)9-12(19)20/h3,6,10-11H,4-5,7-9H2,1-2H3,(H,19,20)(H,15,16,21). The Morgan fingerprint density at radius 1 is 1.65 bits per heavy atom. The number of aliphatic carboxylic acids is 1. The van der Waals surface area contributed by atoms with Gasteiger partial charge in [0.1, 0.15) is 0 Å². The van der Waals surface area contributed by atoms with Crippen LogP contribution in [-0.4, -0.2) is 83.7 Å². The number of aromatic nitrogens is 1. The number of thiazole rings is 1. The molecule has 1 amide bonds. The van der Waals surface area contributed by atoms with Crippen LogP contribution in [0.3, 0.4) is 0 Å². The molecule has 2 atom stereocenters. The van der Waals surface area contributed by atoms with Crippen molar-refractivity contribution in [1.29, 1.82) is 0 Å². The first kappa shape index (κ1) is 17.8. The van der Waals surface area contributed by atoms with Crippen LogP contribution in [0.15, 0.2) is 11.6 Å². The van der Waals surface area contributed by atoms with Crippen LogP contribution in [0, 0.1) is 0 Å². The second-order valence-electron chi connectivity index (χ2n) is 5.58. The van der Waals surface area contributed by atoms with E-state index in [0.29, 0.717) is 31.4 Å². The Kier molecular flexibility index (Phi) is 6.46. The number of hydrogen-bond acceptors (Lipinski definition) is 7. The number of hydrogen-bond donors (Lipinski definition) is 2. The van der Waals surface area contributed by atoms with Gasteiger partial charge in [-0.15, -0.1) is 11.3 Å². The highest BCUT2D eigenvalue weighted by Crippen LogP contribution is 2.14. The summed E-state index contributed by atoms with van der Waals surface area (Å²) in [7, 11) is 1.75. The fourth-order valence-electron chi connectivity index (χ4n) is 2.51. The maximum absolute atomic E-state index is 12.3. The quantitative estimate of drug-likeness (QED) is 0.730. The van der Waals surface area contributed by atoms with Crippen molar-refractivity contribution in [2.45, 2.75) is 19.1 Å². The van der Waals surface area contributed by atoms with Crippen LogP contribution in [-0.2, 0) is 14.3 Å². The second kappa shape index (κ2) is 8.34. The number of carboxylic acids is 1. The van der Waals surface area contributed by atoms with Gasteiger partial charge in [-0.3, -0.25) is 19.4 Å². The molecule has 0 spiro atoms. The van der Waals surface area contributed by atoms with Crippen LogP contribution in [0.2, 0.25) is 0 Å². The van der Waals surface area contributed by atoms with E-state index in [9.17, 15) is 9.59 Å². The summed E-state index contributed by atoms with van der Waals surface area (Å²) in [5, 5.41) is 14.0. The molecule has 0 saturated carbocycles. The molecule has 0 aliphatic carbocycles. The molecule has 23 heavy (non-hydrogen) atoms. The third-order valence-electron chi connectivity index (χ3n) is 3.68. The normalized spacial score (nSPS) is 20.4. The number of nitrogens with zero attached hydrogens (tertiary/aromatic N) is 3. The molecule has 2 heterocycles. The Morgan fingerprint density at radius 2 is 2.43 bits per heavy atom. The fraction of sp³-hybridized carbons (Fsp3) is 0.643. The summed E-state index contributed by atoms with van der Waals surface area (Å²) >= 11 is 1.38. The van der Waals surface area contributed by atoms with Gasteiger partial charge in [0.15, 0.2) is 5.13 Å². The van der Waals surface area contributed by atoms with Crippen molar-refractivity contribution in [1.82, 2.24) is 14.8 Å². The van der Waals surface area contributed by atoms with Crippen molar-refractivity contribution >= 4 is 28.3 Å². The van der Waals surface area contributed by atoms with Gasteiger partial charge in [0.2, 0.25) is 5.91 Å². The van der Waals surface area contributed by atoms with Crippen LogP contribution in [0.4, 0.5) is 5.13 Å². The first-order chi connectivity index (χ1) is 11.0. The number of morpholine rings is 1. The molecule has 2 N–H and O–H groups in total. The lowest BCUT2D eigenvalue weighted by Crippen LogP contribution is -2.53. The summed E-state index contributed by atoms with van der Waals surface area (Å²) in [6.07, 6.45) is 1.54. The summed E-state index contributed by atoms with van der Waals surface area (Å²) in [4.78, 5) is 30.8. The number of carboxylic acid groups (broad SMARTS) is 1. The molecule has 2 unspecified atom stereocenters. The summed E-state index contributed by atoms with van der Waals surface area (Å²) in [5.41, 5.74) is 0. The number of carbonyl (C=O) groups excluding carboxylic acids is 1. The predicted molar refractivity (Wildman–Crippen MR) is 86.7 cm³/mol. The number of nitrogens with one attached hydrogen (secondary N) is 1. The van der Waals surface area contributed by atoms with Gasteiger partial charge in [-0.2, -0.15) is 0 Å². The maximum atomic E-state index is 12.3. The van der Waals surface area contributed by atoms with E-state index >= 15 is 0 Å². The Labute approximate surface area is 139 Å². The molecule has 0 bridgehead atoms. The van der Waals surface area contributed by atoms with Gasteiger partial charge < -0.3 is 15.2 Å². The molecule has 8 nitrogen and oxygen atoms in total. The smallest absolute Gasteiger partial charge is 0.317 e. The van der Waals surface area contributed by atoms with Crippen LogP contribution in [0.5, 0.6) is 0 Å². The molecule has 0 aromatic carbocycles. The number of rotatable bonds is 7. The molecule has 1 aromatic heterocycles. The molecule has 1 aliphatic heterocycles. The third-order valence-corrected chi connectivity index (χ3v) is 4.37. The molecular formula is C14H22N4O4S. The van der Waals surface area contributed by atoms with E-state index in [1.54, 1.807) is 18.1 Å². The third kappa shape index (κ3) is 5.54. The zero-order chi connectivity index (χ0) is 16.8. The zero-order valence-corrected chi connectivity index (χ0v) is 14.1. The van der Waals surface area contributed by atoms with E-state index in [1.807, 2.05) is 17.2 Å². The van der Waals surface area contributed by atoms with Crippen molar-refractivity contribution in [3.63, 3.8) is 0 Å². The highest BCUT2D eigenvalue weighted by Gasteiger charge is 2.29. The van der Waals surface area contributed by atoms with Gasteiger partial charge in [-0.05, 0) is 14.0 Å². The van der Waals surface area contributed by atoms with Crippen LogP contribution < -0.4 is 5.32 Å². The topological polar surface area (TPSA) is 95.0 Å². The molecular weight excluding hydrogens is 320 g/mol. The second-order valence-corrected chi connectivity index (χ2v) is 6.48. The average Bonchev–Trinajstić information content (AvgIpc) is 2.98. The maximum Gasteiger partial charge on any atom is 0.317 e. The van der Waals surface area contributed by atoms with E-state index in [4.69, 9.17) is 9.84 Å². The van der Waals surface area contributed by atoms with E-state index in [-0.39, 0.29) is 24.6 Å². The largest absolute Gasteiger partial charge is 0.480 e. The minimum Gasteiger partial charge on any atom is -0.480 e. The van der Waals surface area contributed by atoms with E-state index < -0.39 is 5.97 Å². The lowest BCUT2D eigenvalue weighted by Gasteiger charge is -2.37. The summed E-state index contributed by atoms with van der Waals surface area (Å²) < 4.78 is 5.68. The van der Waals surface area contributed by atoms with Gasteiger partial charge in [0.25, 0.3) is 0 Å². The summed E-state index contributed by atoms with van der Waals surface area (Å²) in [6.45, 7) is 4.14. The molecule has 128 valence electrons. The van der Waals surface area contributed by atoms with Crippen LogP contribution in [0.25, 0.3) is 0 Å². The van der Waals surface area contributed by atoms with Gasteiger partial charge in [-0.25, -0.2) is 4.98 Å². The SMILES string of the molecule is CC(C(=O)Nc1nccs1)N1CCOC(CN(C)CC(=O)O)C1. The zero-order valence-electron chi connectivity index (χ0n) is 13.3. The van der Waals surface area contributed by atoms with E-state index in [0.717, 1.165) is 0 Å². The molecule has 1 aliphatic rings. The predicted octanol–water partition coefficient (Wildman–Crippen LogP) is 0.187.